The maximum absolute atomic E-state index is 13.6. The minimum absolute atomic E-state index is 0.0164. The molecule has 2 N–H and O–H groups in total. The molecule has 0 aliphatic rings. The van der Waals surface area contributed by atoms with Crippen molar-refractivity contribution in [2.24, 2.45) is 0 Å². The molecule has 3 aromatic rings. The third kappa shape index (κ3) is 4.99. The van der Waals surface area contributed by atoms with E-state index in [1.165, 1.54) is 22.5 Å². The summed E-state index contributed by atoms with van der Waals surface area (Å²) >= 11 is 6.25. The summed E-state index contributed by atoms with van der Waals surface area (Å²) < 4.78 is 28.5. The van der Waals surface area contributed by atoms with E-state index in [9.17, 15) is 13.2 Å². The van der Waals surface area contributed by atoms with Crippen molar-refractivity contribution in [1.29, 1.82) is 0 Å². The molecule has 0 aliphatic heterocycles. The van der Waals surface area contributed by atoms with Crippen LogP contribution in [0, 0.1) is 0 Å². The highest BCUT2D eigenvalue weighted by Gasteiger charge is 2.28. The summed E-state index contributed by atoms with van der Waals surface area (Å²) in [4.78, 5) is 12.1. The van der Waals surface area contributed by atoms with E-state index < -0.39 is 15.9 Å². The molecule has 0 saturated carbocycles. The van der Waals surface area contributed by atoms with Gasteiger partial charge in [-0.2, -0.15) is 0 Å². The monoisotopic (exact) mass is 444 g/mol. The third-order valence-electron chi connectivity index (χ3n) is 4.37. The van der Waals surface area contributed by atoms with Crippen LogP contribution in [0.2, 0.25) is 5.02 Å². The number of carbonyl (C=O) groups is 1. The highest BCUT2D eigenvalue weighted by atomic mass is 35.5. The van der Waals surface area contributed by atoms with Gasteiger partial charge in [0.05, 0.1) is 23.9 Å². The van der Waals surface area contributed by atoms with Gasteiger partial charge in [0.1, 0.15) is 4.90 Å². The summed E-state index contributed by atoms with van der Waals surface area (Å²) in [6.45, 7) is -0.0541. The average molecular weight is 445 g/mol. The number of anilines is 1. The van der Waals surface area contributed by atoms with Gasteiger partial charge >= 0.3 is 0 Å². The van der Waals surface area contributed by atoms with Gasteiger partial charge in [-0.15, -0.1) is 0 Å². The number of nitrogens with zero attached hydrogens (tertiary/aromatic N) is 1. The lowest BCUT2D eigenvalue weighted by atomic mass is 10.2. The zero-order valence-corrected chi connectivity index (χ0v) is 17.6. The second kappa shape index (κ2) is 9.75. The van der Waals surface area contributed by atoms with E-state index in [1.54, 1.807) is 30.3 Å². The third-order valence-corrected chi connectivity index (χ3v) is 6.63. The summed E-state index contributed by atoms with van der Waals surface area (Å²) in [6.07, 6.45) is 0. The predicted octanol–water partition coefficient (Wildman–Crippen LogP) is 3.46. The maximum atomic E-state index is 13.6. The molecule has 8 heteroatoms. The minimum Gasteiger partial charge on any atom is -0.395 e. The number of aliphatic hydroxyl groups is 1. The Labute approximate surface area is 180 Å². The van der Waals surface area contributed by atoms with Crippen molar-refractivity contribution in [2.45, 2.75) is 11.4 Å². The molecule has 0 bridgehead atoms. The van der Waals surface area contributed by atoms with E-state index in [-0.39, 0.29) is 35.2 Å². The quantitative estimate of drug-likeness (QED) is 0.557. The number of sulfonamides is 1. The van der Waals surface area contributed by atoms with Gasteiger partial charge in [-0.1, -0.05) is 60.1 Å². The average Bonchev–Trinajstić information content (AvgIpc) is 2.77. The molecule has 3 rings (SSSR count). The topological polar surface area (TPSA) is 86.7 Å². The number of para-hydroxylation sites is 1. The van der Waals surface area contributed by atoms with Crippen LogP contribution < -0.4 is 9.62 Å². The summed E-state index contributed by atoms with van der Waals surface area (Å²) in [7, 11) is -4.09. The number of hydrogen-bond donors (Lipinski definition) is 2. The van der Waals surface area contributed by atoms with Crippen LogP contribution in [-0.4, -0.2) is 32.6 Å². The Balaban J connectivity index is 2.06. The normalized spacial score (nSPS) is 11.1. The zero-order chi connectivity index (χ0) is 21.6. The molecular weight excluding hydrogens is 424 g/mol. The highest BCUT2D eigenvalue weighted by Crippen LogP contribution is 2.30. The van der Waals surface area contributed by atoms with Gasteiger partial charge in [-0.25, -0.2) is 8.42 Å². The van der Waals surface area contributed by atoms with Crippen molar-refractivity contribution in [3.05, 3.63) is 95.0 Å². The molecular formula is C22H21ClN2O4S. The van der Waals surface area contributed by atoms with Gasteiger partial charge in [0, 0.05) is 12.1 Å². The Morgan fingerprint density at radius 2 is 1.60 bits per heavy atom. The van der Waals surface area contributed by atoms with Crippen molar-refractivity contribution in [2.75, 3.05) is 17.5 Å². The molecule has 30 heavy (non-hydrogen) atoms. The summed E-state index contributed by atoms with van der Waals surface area (Å²) in [5.74, 6) is -0.494. The molecule has 0 aromatic heterocycles. The first-order valence-electron chi connectivity index (χ1n) is 9.24. The summed E-state index contributed by atoms with van der Waals surface area (Å²) in [6, 6.07) is 22.0. The molecule has 156 valence electrons. The summed E-state index contributed by atoms with van der Waals surface area (Å²) in [5, 5.41) is 11.4. The molecule has 6 nitrogen and oxygen atoms in total. The first kappa shape index (κ1) is 21.8. The number of hydrogen-bond acceptors (Lipinski definition) is 4. The maximum Gasteiger partial charge on any atom is 0.266 e. The van der Waals surface area contributed by atoms with Crippen molar-refractivity contribution in [3.63, 3.8) is 0 Å². The Hall–Kier alpha value is -2.87. The van der Waals surface area contributed by atoms with Crippen molar-refractivity contribution in [1.82, 2.24) is 5.32 Å². The van der Waals surface area contributed by atoms with Crippen LogP contribution in [0.15, 0.2) is 83.8 Å². The molecule has 3 aromatic carbocycles. The number of carbonyl (C=O) groups excluding carboxylic acids is 1. The standard InChI is InChI=1S/C22H21ClN2O4S/c23-20-12-11-18(22(27)24-13-14-26)15-21(20)30(28,29)25(19-9-5-2-6-10-19)16-17-7-3-1-4-8-17/h1-12,15,26H,13-14,16H2,(H,24,27). The number of halogens is 1. The van der Waals surface area contributed by atoms with E-state index in [4.69, 9.17) is 16.7 Å². The first-order valence-corrected chi connectivity index (χ1v) is 11.1. The van der Waals surface area contributed by atoms with E-state index in [0.717, 1.165) is 5.56 Å². The Kier molecular flexibility index (Phi) is 7.10. The second-order valence-corrected chi connectivity index (χ2v) is 8.70. The Morgan fingerprint density at radius 3 is 2.23 bits per heavy atom. The number of rotatable bonds is 8. The van der Waals surface area contributed by atoms with Gasteiger partial charge in [-0.05, 0) is 35.9 Å². The fourth-order valence-corrected chi connectivity index (χ4v) is 4.85. The van der Waals surface area contributed by atoms with Crippen molar-refractivity contribution in [3.8, 4) is 0 Å². The summed E-state index contributed by atoms with van der Waals surface area (Å²) in [5.41, 5.74) is 1.42. The van der Waals surface area contributed by atoms with Crippen LogP contribution in [0.1, 0.15) is 15.9 Å². The van der Waals surface area contributed by atoms with Gasteiger partial charge in [0.2, 0.25) is 0 Å². The van der Waals surface area contributed by atoms with Crippen LogP contribution in [0.4, 0.5) is 5.69 Å². The van der Waals surface area contributed by atoms with Crippen LogP contribution in [0.25, 0.3) is 0 Å². The van der Waals surface area contributed by atoms with Crippen LogP contribution in [-0.2, 0) is 16.6 Å². The van der Waals surface area contributed by atoms with Crippen molar-refractivity contribution >= 4 is 33.2 Å². The van der Waals surface area contributed by atoms with E-state index in [0.29, 0.717) is 5.69 Å². The van der Waals surface area contributed by atoms with E-state index in [2.05, 4.69) is 5.32 Å². The fraction of sp³-hybridized carbons (Fsp3) is 0.136. The van der Waals surface area contributed by atoms with E-state index in [1.807, 2.05) is 30.3 Å². The number of amides is 1. The predicted molar refractivity (Wildman–Crippen MR) is 117 cm³/mol. The highest BCUT2D eigenvalue weighted by molar-refractivity contribution is 7.93. The van der Waals surface area contributed by atoms with Crippen LogP contribution >= 0.6 is 11.6 Å². The van der Waals surface area contributed by atoms with E-state index >= 15 is 0 Å². The molecule has 0 radical (unpaired) electrons. The lowest BCUT2D eigenvalue weighted by molar-refractivity contribution is 0.0944. The first-order chi connectivity index (χ1) is 14.4. The van der Waals surface area contributed by atoms with Gasteiger partial charge < -0.3 is 10.4 Å². The Bertz CT molecular complexity index is 1110. The lowest BCUT2D eigenvalue weighted by Gasteiger charge is -2.25. The second-order valence-electron chi connectivity index (χ2n) is 6.46. The molecule has 0 aliphatic carbocycles. The molecule has 0 heterocycles. The molecule has 0 unspecified atom stereocenters. The van der Waals surface area contributed by atoms with Gasteiger partial charge in [-0.3, -0.25) is 9.10 Å². The molecule has 0 fully saturated rings. The molecule has 0 saturated heterocycles. The number of aliphatic hydroxyl groups excluding tert-OH is 1. The molecule has 0 atom stereocenters. The Morgan fingerprint density at radius 1 is 0.967 bits per heavy atom. The van der Waals surface area contributed by atoms with Gasteiger partial charge in [0.15, 0.2) is 0 Å². The molecule has 1 amide bonds. The fourth-order valence-electron chi connectivity index (χ4n) is 2.89. The minimum atomic E-state index is -4.09. The van der Waals surface area contributed by atoms with Crippen LogP contribution in [0.5, 0.6) is 0 Å². The zero-order valence-electron chi connectivity index (χ0n) is 16.0. The number of nitrogens with one attached hydrogen (secondary N) is 1. The SMILES string of the molecule is O=C(NCCO)c1ccc(Cl)c(S(=O)(=O)N(Cc2ccccc2)c2ccccc2)c1. The number of benzene rings is 3. The smallest absolute Gasteiger partial charge is 0.266 e. The van der Waals surface area contributed by atoms with Gasteiger partial charge in [0.25, 0.3) is 15.9 Å². The van der Waals surface area contributed by atoms with Crippen LogP contribution in [0.3, 0.4) is 0 Å². The lowest BCUT2D eigenvalue weighted by Crippen LogP contribution is -2.31. The largest absolute Gasteiger partial charge is 0.395 e. The molecule has 0 spiro atoms. The van der Waals surface area contributed by atoms with Crippen molar-refractivity contribution < 1.29 is 18.3 Å².